The van der Waals surface area contributed by atoms with Gasteiger partial charge in [0.15, 0.2) is 0 Å². The molecule has 0 bridgehead atoms. The Morgan fingerprint density at radius 3 is 1.32 bits per heavy atom. The van der Waals surface area contributed by atoms with Gasteiger partial charge in [0.25, 0.3) is 0 Å². The van der Waals surface area contributed by atoms with E-state index in [1.807, 2.05) is 42.5 Å². The maximum absolute atomic E-state index is 12.1. The first-order valence-electron chi connectivity index (χ1n) is 18.2. The third-order valence-corrected chi connectivity index (χ3v) is 12.4. The normalized spacial score (nSPS) is 13.1. The van der Waals surface area contributed by atoms with Crippen molar-refractivity contribution in [1.82, 2.24) is 0 Å². The van der Waals surface area contributed by atoms with Gasteiger partial charge in [-0.15, -0.1) is 0 Å². The molecule has 2 aromatic carbocycles. The number of hydrogen-bond acceptors (Lipinski definition) is 4. The summed E-state index contributed by atoms with van der Waals surface area (Å²) in [6.07, 6.45) is 24.6. The van der Waals surface area contributed by atoms with Gasteiger partial charge in [-0.3, -0.25) is 0 Å². The molecule has 0 spiro atoms. The zero-order chi connectivity index (χ0) is 32.2. The number of hydrogen-bond donors (Lipinski definition) is 3. The number of aromatic hydroxyl groups is 1. The summed E-state index contributed by atoms with van der Waals surface area (Å²) in [5, 5.41) is 10.7. The zero-order valence-electron chi connectivity index (χ0n) is 28.9. The van der Waals surface area contributed by atoms with Crippen LogP contribution >= 0.6 is 7.28 Å². The van der Waals surface area contributed by atoms with E-state index in [2.05, 4.69) is 27.7 Å². The summed E-state index contributed by atoms with van der Waals surface area (Å²) < 4.78 is 6.49. The van der Waals surface area contributed by atoms with Gasteiger partial charge in [0, 0.05) is 0 Å². The molecular formula is C39H67O4P. The minimum atomic E-state index is -4.46. The van der Waals surface area contributed by atoms with Crippen LogP contribution in [0.25, 0.3) is 0 Å². The Balaban J connectivity index is 2.05. The van der Waals surface area contributed by atoms with Gasteiger partial charge >= 0.3 is 272 Å². The molecule has 0 amide bonds. The molecule has 0 heterocycles. The molecule has 252 valence electrons. The van der Waals surface area contributed by atoms with Crippen LogP contribution in [-0.2, 0) is 5.41 Å². The number of unbranched alkanes of at least 4 members (excludes halogenated alkanes) is 18. The van der Waals surface area contributed by atoms with E-state index in [-0.39, 0.29) is 5.75 Å². The number of rotatable bonds is 26. The van der Waals surface area contributed by atoms with Crippen molar-refractivity contribution in [2.45, 2.75) is 162 Å². The molecule has 0 saturated heterocycles. The predicted molar refractivity (Wildman–Crippen MR) is 192 cm³/mol. The first kappa shape index (κ1) is 38.6. The second-order valence-corrected chi connectivity index (χ2v) is 17.5. The molecule has 0 unspecified atom stereocenters. The fraction of sp³-hybridized carbons (Fsp3) is 0.692. The average Bonchev–Trinajstić information content (AvgIpc) is 2.99. The molecule has 5 heteroatoms. The molecule has 2 rings (SSSR count). The van der Waals surface area contributed by atoms with E-state index < -0.39 is 12.7 Å². The summed E-state index contributed by atoms with van der Waals surface area (Å²) in [6.45, 7) is 8.62. The maximum atomic E-state index is 12.1. The van der Waals surface area contributed by atoms with Crippen molar-refractivity contribution in [3.8, 4) is 11.5 Å². The quantitative estimate of drug-likeness (QED) is 0.0714. The minimum absolute atomic E-state index is 0.230. The van der Waals surface area contributed by atoms with Crippen molar-refractivity contribution in [2.24, 2.45) is 0 Å². The van der Waals surface area contributed by atoms with Crippen molar-refractivity contribution in [1.29, 1.82) is 0 Å². The van der Waals surface area contributed by atoms with Crippen LogP contribution in [0.3, 0.4) is 0 Å². The van der Waals surface area contributed by atoms with Crippen molar-refractivity contribution >= 4 is 7.28 Å². The van der Waals surface area contributed by atoms with Gasteiger partial charge in [-0.05, 0) is 0 Å². The second-order valence-electron chi connectivity index (χ2n) is 13.8. The number of phenolic OH excluding ortho intramolecular Hbond substituents is 1. The van der Waals surface area contributed by atoms with Gasteiger partial charge in [-0.2, -0.15) is 0 Å². The summed E-state index contributed by atoms with van der Waals surface area (Å²) in [5.41, 5.74) is 1.06. The van der Waals surface area contributed by atoms with E-state index in [4.69, 9.17) is 4.52 Å². The first-order valence-corrected chi connectivity index (χ1v) is 20.6. The zero-order valence-corrected chi connectivity index (χ0v) is 29.8. The fourth-order valence-corrected chi connectivity index (χ4v) is 9.21. The number of benzene rings is 2. The third-order valence-electron chi connectivity index (χ3n) is 9.37. The summed E-state index contributed by atoms with van der Waals surface area (Å²) in [4.78, 5) is 24.2. The summed E-state index contributed by atoms with van der Waals surface area (Å²) in [5.74, 6) is 0.746. The van der Waals surface area contributed by atoms with Crippen molar-refractivity contribution in [3.63, 3.8) is 0 Å². The van der Waals surface area contributed by atoms with E-state index in [1.54, 1.807) is 6.07 Å². The van der Waals surface area contributed by atoms with Crippen LogP contribution in [0.2, 0.25) is 0 Å². The van der Waals surface area contributed by atoms with E-state index in [1.165, 1.54) is 89.9 Å². The van der Waals surface area contributed by atoms with Crippen LogP contribution in [0.1, 0.15) is 167 Å². The van der Waals surface area contributed by atoms with Gasteiger partial charge in [-0.25, -0.2) is 0 Å². The Bertz CT molecular complexity index is 1010. The van der Waals surface area contributed by atoms with Crippen LogP contribution in [-0.4, -0.2) is 27.2 Å². The summed E-state index contributed by atoms with van der Waals surface area (Å²) >= 11 is 0. The van der Waals surface area contributed by atoms with Crippen molar-refractivity contribution in [2.75, 3.05) is 12.3 Å². The molecule has 0 radical (unpaired) electrons. The predicted octanol–water partition coefficient (Wildman–Crippen LogP) is 12.2. The van der Waals surface area contributed by atoms with Crippen LogP contribution in [0, 0.1) is 0 Å². The topological polar surface area (TPSA) is 69.9 Å². The second kappa shape index (κ2) is 20.5. The molecule has 0 aliphatic carbocycles. The van der Waals surface area contributed by atoms with E-state index in [9.17, 15) is 14.9 Å². The molecule has 44 heavy (non-hydrogen) atoms. The van der Waals surface area contributed by atoms with E-state index in [0.717, 1.165) is 49.7 Å². The SMILES string of the molecule is CCCCCCCCCCCCP(O)(O)(CCCCCCCCCCCC)Oc1ccccc1C(C)(C)c1ccccc1O. The third kappa shape index (κ3) is 14.2. The van der Waals surface area contributed by atoms with Crippen molar-refractivity contribution < 1.29 is 19.4 Å². The van der Waals surface area contributed by atoms with E-state index in [0.29, 0.717) is 18.1 Å². The molecular weight excluding hydrogens is 563 g/mol. The molecule has 3 N–H and O–H groups in total. The Kier molecular flexibility index (Phi) is 18.0. The van der Waals surface area contributed by atoms with Gasteiger partial charge in [-0.1, -0.05) is 0 Å². The Hall–Kier alpha value is -1.61. The molecule has 0 aliphatic heterocycles. The molecule has 0 saturated carbocycles. The van der Waals surface area contributed by atoms with Gasteiger partial charge in [0.05, 0.1) is 0 Å². The fourth-order valence-electron chi connectivity index (χ4n) is 6.47. The summed E-state index contributed by atoms with van der Waals surface area (Å²) in [6, 6.07) is 15.1. The molecule has 2 aromatic rings. The number of para-hydroxylation sites is 2. The van der Waals surface area contributed by atoms with Crippen molar-refractivity contribution in [3.05, 3.63) is 59.7 Å². The molecule has 0 atom stereocenters. The van der Waals surface area contributed by atoms with Crippen LogP contribution in [0.5, 0.6) is 11.5 Å². The Labute approximate surface area is 271 Å². The monoisotopic (exact) mass is 630 g/mol. The molecule has 0 fully saturated rings. The van der Waals surface area contributed by atoms with Crippen LogP contribution in [0.4, 0.5) is 0 Å². The summed E-state index contributed by atoms with van der Waals surface area (Å²) in [7, 11) is -4.46. The average molecular weight is 631 g/mol. The number of phenols is 1. The van der Waals surface area contributed by atoms with Gasteiger partial charge in [0.2, 0.25) is 0 Å². The van der Waals surface area contributed by atoms with E-state index >= 15 is 0 Å². The standard InChI is InChI=1S/C39H67O4P/c1-5-7-9-11-13-15-17-19-21-27-33-44(41,42,34-28-22-20-18-16-14-12-10-8-6-2)43-38-32-26-24-30-36(38)39(3,4)35-29-23-25-31-37(35)40/h23-26,29-32,40-42H,5-22,27-28,33-34H2,1-4H3. The first-order chi connectivity index (χ1) is 21.1. The molecule has 0 aliphatic rings. The molecule has 4 nitrogen and oxygen atoms in total. The van der Waals surface area contributed by atoms with Crippen LogP contribution < -0.4 is 4.52 Å². The van der Waals surface area contributed by atoms with Gasteiger partial charge < -0.3 is 0 Å². The molecule has 0 aromatic heterocycles. The Morgan fingerprint density at radius 1 is 0.523 bits per heavy atom. The van der Waals surface area contributed by atoms with Crippen LogP contribution in [0.15, 0.2) is 48.5 Å². The Morgan fingerprint density at radius 2 is 0.886 bits per heavy atom. The van der Waals surface area contributed by atoms with Gasteiger partial charge in [0.1, 0.15) is 0 Å².